The highest BCUT2D eigenvalue weighted by molar-refractivity contribution is 5.96. The first-order chi connectivity index (χ1) is 14.8. The molecule has 0 atom stereocenters. The van der Waals surface area contributed by atoms with Gasteiger partial charge in [-0.1, -0.05) is 19.9 Å². The van der Waals surface area contributed by atoms with E-state index < -0.39 is 0 Å². The number of ether oxygens (including phenoxy) is 1. The van der Waals surface area contributed by atoms with E-state index in [9.17, 15) is 9.59 Å². The van der Waals surface area contributed by atoms with Crippen molar-refractivity contribution in [2.75, 3.05) is 7.11 Å². The minimum atomic E-state index is -0.387. The zero-order chi connectivity index (χ0) is 22.3. The third kappa shape index (κ3) is 3.65. The number of benzene rings is 2. The van der Waals surface area contributed by atoms with Crippen molar-refractivity contribution in [2.24, 2.45) is 5.92 Å². The monoisotopic (exact) mass is 420 g/mol. The molecule has 0 saturated heterocycles. The van der Waals surface area contributed by atoms with Crippen LogP contribution < -0.4 is 5.69 Å². The molecule has 1 N–H and O–H groups in total. The molecule has 4 aromatic rings. The molecule has 7 heteroatoms. The number of imidazole rings is 2. The van der Waals surface area contributed by atoms with Crippen LogP contribution in [0.5, 0.6) is 0 Å². The number of aryl methyl sites for hydroxylation is 1. The molecule has 0 bridgehead atoms. The highest BCUT2D eigenvalue weighted by Gasteiger charge is 2.20. The molecule has 2 heterocycles. The normalized spacial score (nSPS) is 11.8. The fourth-order valence-electron chi connectivity index (χ4n) is 4.05. The van der Waals surface area contributed by atoms with Crippen LogP contribution in [0.25, 0.3) is 33.5 Å². The van der Waals surface area contributed by atoms with E-state index in [4.69, 9.17) is 9.72 Å². The average molecular weight is 421 g/mol. The number of H-pyrrole nitrogens is 1. The van der Waals surface area contributed by atoms with Gasteiger partial charge in [-0.3, -0.25) is 4.57 Å². The second-order valence-corrected chi connectivity index (χ2v) is 8.56. The van der Waals surface area contributed by atoms with Crippen molar-refractivity contribution in [1.29, 1.82) is 0 Å². The summed E-state index contributed by atoms with van der Waals surface area (Å²) in [5.74, 6) is 0.926. The molecule has 2 aromatic heterocycles. The number of aromatic nitrogens is 4. The highest BCUT2D eigenvalue weighted by Crippen LogP contribution is 2.32. The predicted octanol–water partition coefficient (Wildman–Crippen LogP) is 4.76. The van der Waals surface area contributed by atoms with E-state index in [1.54, 1.807) is 16.7 Å². The van der Waals surface area contributed by atoms with Crippen LogP contribution in [0.1, 0.15) is 50.5 Å². The van der Waals surface area contributed by atoms with Gasteiger partial charge < -0.3 is 14.3 Å². The summed E-state index contributed by atoms with van der Waals surface area (Å²) in [6.07, 6.45) is 0.983. The summed E-state index contributed by atoms with van der Waals surface area (Å²) in [6.45, 7) is 9.16. The van der Waals surface area contributed by atoms with Gasteiger partial charge in [-0.05, 0) is 56.5 Å². The summed E-state index contributed by atoms with van der Waals surface area (Å²) in [5.41, 5.74) is 4.54. The molecule has 4 rings (SSSR count). The Morgan fingerprint density at radius 2 is 1.94 bits per heavy atom. The topological polar surface area (TPSA) is 81.9 Å². The van der Waals surface area contributed by atoms with E-state index in [0.29, 0.717) is 11.5 Å². The van der Waals surface area contributed by atoms with Crippen LogP contribution in [-0.4, -0.2) is 32.2 Å². The van der Waals surface area contributed by atoms with Gasteiger partial charge in [0.1, 0.15) is 5.82 Å². The van der Waals surface area contributed by atoms with E-state index in [1.165, 1.54) is 7.11 Å². The lowest BCUT2D eigenvalue weighted by Gasteiger charge is -2.14. The number of rotatable bonds is 6. The van der Waals surface area contributed by atoms with Gasteiger partial charge >= 0.3 is 11.7 Å². The zero-order valence-electron chi connectivity index (χ0n) is 18.6. The molecule has 2 aromatic carbocycles. The van der Waals surface area contributed by atoms with Gasteiger partial charge in [-0.25, -0.2) is 14.6 Å². The quantitative estimate of drug-likeness (QED) is 0.456. The lowest BCUT2D eigenvalue weighted by Crippen LogP contribution is -2.18. The number of aromatic amines is 1. The molecule has 0 amide bonds. The number of carbonyl (C=O) groups excluding carboxylic acids is 1. The van der Waals surface area contributed by atoms with Gasteiger partial charge in [0.15, 0.2) is 0 Å². The van der Waals surface area contributed by atoms with E-state index in [1.807, 2.05) is 38.1 Å². The van der Waals surface area contributed by atoms with Crippen LogP contribution in [0.2, 0.25) is 0 Å². The molecule has 0 radical (unpaired) electrons. The smallest absolute Gasteiger partial charge is 0.337 e. The van der Waals surface area contributed by atoms with Gasteiger partial charge in [0.25, 0.3) is 0 Å². The van der Waals surface area contributed by atoms with Crippen molar-refractivity contribution < 1.29 is 9.53 Å². The number of nitrogens with one attached hydrogen (secondary N) is 1. The Labute approximate surface area is 180 Å². The zero-order valence-corrected chi connectivity index (χ0v) is 18.6. The number of fused-ring (bicyclic) bond motifs is 2. The molecule has 0 saturated carbocycles. The molecule has 0 fully saturated rings. The minimum absolute atomic E-state index is 0.00168. The Bertz CT molecular complexity index is 1320. The van der Waals surface area contributed by atoms with Crippen LogP contribution in [0.4, 0.5) is 0 Å². The number of carbonyl (C=O) groups is 1. The van der Waals surface area contributed by atoms with E-state index in [-0.39, 0.29) is 17.7 Å². The fourth-order valence-corrected chi connectivity index (χ4v) is 4.05. The van der Waals surface area contributed by atoms with Crippen molar-refractivity contribution in [2.45, 2.75) is 46.7 Å². The Kier molecular flexibility index (Phi) is 5.43. The molecule has 0 spiro atoms. The lowest BCUT2D eigenvalue weighted by atomic mass is 10.1. The molecule has 0 aliphatic heterocycles. The van der Waals surface area contributed by atoms with Crippen LogP contribution in [-0.2, 0) is 11.3 Å². The second-order valence-electron chi connectivity index (χ2n) is 8.56. The van der Waals surface area contributed by atoms with E-state index >= 15 is 0 Å². The Hall–Kier alpha value is -3.35. The van der Waals surface area contributed by atoms with Gasteiger partial charge in [0, 0.05) is 18.2 Å². The van der Waals surface area contributed by atoms with Crippen LogP contribution in [0.15, 0.2) is 41.2 Å². The SMILES string of the molecule is COC(=O)c1ccc2c(c1)nc(-c1cccc3[nH]c(=O)n(C(C)C)c13)n2CCC(C)C. The standard InChI is InChI=1S/C24H28N4O3/c1-14(2)11-12-27-20-10-9-16(23(29)31-5)13-19(20)25-22(27)17-7-6-8-18-21(17)28(15(3)4)24(30)26-18/h6-10,13-15H,11-12H2,1-5H3,(H,26,30). The maximum Gasteiger partial charge on any atom is 0.337 e. The van der Waals surface area contributed by atoms with Crippen molar-refractivity contribution in [3.05, 3.63) is 52.4 Å². The van der Waals surface area contributed by atoms with E-state index in [2.05, 4.69) is 23.4 Å². The number of hydrogen-bond donors (Lipinski definition) is 1. The number of para-hydroxylation sites is 1. The highest BCUT2D eigenvalue weighted by atomic mass is 16.5. The number of hydrogen-bond acceptors (Lipinski definition) is 4. The van der Waals surface area contributed by atoms with Crippen LogP contribution in [0.3, 0.4) is 0 Å². The molecule has 0 aliphatic rings. The third-order valence-corrected chi connectivity index (χ3v) is 5.59. The molecule has 7 nitrogen and oxygen atoms in total. The Balaban J connectivity index is 2.01. The molecule has 31 heavy (non-hydrogen) atoms. The first-order valence-corrected chi connectivity index (χ1v) is 10.6. The lowest BCUT2D eigenvalue weighted by molar-refractivity contribution is 0.0601. The Morgan fingerprint density at radius 1 is 1.16 bits per heavy atom. The Morgan fingerprint density at radius 3 is 2.61 bits per heavy atom. The van der Waals surface area contributed by atoms with Crippen LogP contribution in [0, 0.1) is 5.92 Å². The van der Waals surface area contributed by atoms with Gasteiger partial charge in [0.05, 0.1) is 34.7 Å². The summed E-state index contributed by atoms with van der Waals surface area (Å²) >= 11 is 0. The molecule has 0 unspecified atom stereocenters. The summed E-state index contributed by atoms with van der Waals surface area (Å²) < 4.78 is 8.83. The molecular weight excluding hydrogens is 392 g/mol. The molecular formula is C24H28N4O3. The number of methoxy groups -OCH3 is 1. The summed E-state index contributed by atoms with van der Waals surface area (Å²) in [4.78, 5) is 32.5. The number of nitrogens with zero attached hydrogens (tertiary/aromatic N) is 3. The van der Waals surface area contributed by atoms with E-state index in [0.717, 1.165) is 46.4 Å². The molecule has 0 aliphatic carbocycles. The van der Waals surface area contributed by atoms with Gasteiger partial charge in [-0.15, -0.1) is 0 Å². The maximum absolute atomic E-state index is 12.6. The van der Waals surface area contributed by atoms with Crippen molar-refractivity contribution in [1.82, 2.24) is 19.1 Å². The predicted molar refractivity (Wildman–Crippen MR) is 122 cm³/mol. The summed E-state index contributed by atoms with van der Waals surface area (Å²) in [6, 6.07) is 11.3. The van der Waals surface area contributed by atoms with Gasteiger partial charge in [-0.2, -0.15) is 0 Å². The number of esters is 1. The average Bonchev–Trinajstić information content (AvgIpc) is 3.27. The van der Waals surface area contributed by atoms with Crippen molar-refractivity contribution >= 4 is 28.0 Å². The largest absolute Gasteiger partial charge is 0.465 e. The van der Waals surface area contributed by atoms with Crippen molar-refractivity contribution in [3.63, 3.8) is 0 Å². The minimum Gasteiger partial charge on any atom is -0.465 e. The van der Waals surface area contributed by atoms with Crippen LogP contribution >= 0.6 is 0 Å². The third-order valence-electron chi connectivity index (χ3n) is 5.59. The van der Waals surface area contributed by atoms with Gasteiger partial charge in [0.2, 0.25) is 0 Å². The maximum atomic E-state index is 12.6. The molecule has 162 valence electrons. The fraction of sp³-hybridized carbons (Fsp3) is 0.375. The first-order valence-electron chi connectivity index (χ1n) is 10.6. The van der Waals surface area contributed by atoms with Crippen molar-refractivity contribution in [3.8, 4) is 11.4 Å². The summed E-state index contributed by atoms with van der Waals surface area (Å²) in [5, 5.41) is 0. The second kappa shape index (κ2) is 8.06. The first kappa shape index (κ1) is 20.9. The summed E-state index contributed by atoms with van der Waals surface area (Å²) in [7, 11) is 1.37.